The summed E-state index contributed by atoms with van der Waals surface area (Å²) in [6, 6.07) is 9.70. The molecule has 57 valence electrons. The van der Waals surface area contributed by atoms with Gasteiger partial charge in [0.2, 0.25) is 0 Å². The van der Waals surface area contributed by atoms with Crippen LogP contribution in [0.4, 0.5) is 5.69 Å². The lowest BCUT2D eigenvalue weighted by atomic mass is 10.3. The number of thiocarbonyl (C=S) groups is 1. The lowest BCUT2D eigenvalue weighted by Gasteiger charge is -2.05. The molecule has 0 aliphatic carbocycles. The molecular weight excluding hydrogens is 156 g/mol. The molecule has 0 spiro atoms. The van der Waals surface area contributed by atoms with E-state index in [0.29, 0.717) is 5.11 Å². The van der Waals surface area contributed by atoms with E-state index in [1.165, 1.54) is 0 Å². The van der Waals surface area contributed by atoms with E-state index >= 15 is 0 Å². The summed E-state index contributed by atoms with van der Waals surface area (Å²) < 4.78 is 0. The Morgan fingerprint density at radius 3 is 2.45 bits per heavy atom. The maximum atomic E-state index is 4.85. The van der Waals surface area contributed by atoms with E-state index in [9.17, 15) is 0 Å². The summed E-state index contributed by atoms with van der Waals surface area (Å²) in [5.41, 5.74) is 0.966. The second-order valence-corrected chi connectivity index (χ2v) is 2.41. The molecule has 0 amide bonds. The maximum Gasteiger partial charge on any atom is 0.170 e. The van der Waals surface area contributed by atoms with Gasteiger partial charge in [-0.2, -0.15) is 0 Å². The van der Waals surface area contributed by atoms with Gasteiger partial charge in [-0.3, -0.25) is 0 Å². The largest absolute Gasteiger partial charge is 0.361 e. The highest BCUT2D eigenvalue weighted by Crippen LogP contribution is 2.03. The normalized spacial score (nSPS) is 8.82. The van der Waals surface area contributed by atoms with Crippen LogP contribution in [0.2, 0.25) is 0 Å². The van der Waals surface area contributed by atoms with Gasteiger partial charge in [0.25, 0.3) is 0 Å². The van der Waals surface area contributed by atoms with E-state index in [-0.39, 0.29) is 0 Å². The van der Waals surface area contributed by atoms with Crippen LogP contribution in [0, 0.1) is 7.05 Å². The maximum absolute atomic E-state index is 4.85. The molecule has 2 nitrogen and oxygen atoms in total. The van der Waals surface area contributed by atoms with Gasteiger partial charge in [-0.05, 0) is 24.4 Å². The highest BCUT2D eigenvalue weighted by molar-refractivity contribution is 7.80. The number of nitrogens with one attached hydrogen (secondary N) is 2. The lowest BCUT2D eigenvalue weighted by Crippen LogP contribution is -2.22. The molecule has 1 aromatic rings. The first-order valence-electron chi connectivity index (χ1n) is 3.22. The van der Waals surface area contributed by atoms with Crippen molar-refractivity contribution in [3.05, 3.63) is 37.4 Å². The predicted molar refractivity (Wildman–Crippen MR) is 51.2 cm³/mol. The first-order chi connectivity index (χ1) is 5.33. The predicted octanol–water partition coefficient (Wildman–Crippen LogP) is 1.76. The van der Waals surface area contributed by atoms with Crippen LogP contribution in [0.3, 0.4) is 0 Å². The summed E-state index contributed by atoms with van der Waals surface area (Å²) in [5.74, 6) is 0. The summed E-state index contributed by atoms with van der Waals surface area (Å²) in [6.45, 7) is 0. The van der Waals surface area contributed by atoms with Gasteiger partial charge in [0.15, 0.2) is 5.11 Å². The number of anilines is 1. The highest BCUT2D eigenvalue weighted by atomic mass is 32.1. The van der Waals surface area contributed by atoms with Crippen LogP contribution in [0.5, 0.6) is 0 Å². The van der Waals surface area contributed by atoms with E-state index in [1.54, 1.807) is 0 Å². The molecule has 1 radical (unpaired) electrons. The molecule has 0 aromatic heterocycles. The van der Waals surface area contributed by atoms with E-state index in [2.05, 4.69) is 17.7 Å². The monoisotopic (exact) mass is 165 g/mol. The standard InChI is InChI=1S/C8H9N2S/c1-9-8(11)10-7-5-3-2-4-6-7/h2-6H,1H2,(H2,9,10,11). The highest BCUT2D eigenvalue weighted by Gasteiger charge is 1.90. The van der Waals surface area contributed by atoms with Crippen LogP contribution in [-0.4, -0.2) is 5.11 Å². The van der Waals surface area contributed by atoms with Crippen molar-refractivity contribution < 1.29 is 0 Å². The fraction of sp³-hybridized carbons (Fsp3) is 0. The number of hydrogen-bond donors (Lipinski definition) is 2. The Bertz CT molecular complexity index is 233. The van der Waals surface area contributed by atoms with Crippen molar-refractivity contribution >= 4 is 23.0 Å². The van der Waals surface area contributed by atoms with Gasteiger partial charge in [-0.1, -0.05) is 18.2 Å². The molecular formula is C8H9N2S. The smallest absolute Gasteiger partial charge is 0.170 e. The van der Waals surface area contributed by atoms with Crippen molar-refractivity contribution in [2.45, 2.75) is 0 Å². The van der Waals surface area contributed by atoms with E-state index < -0.39 is 0 Å². The minimum absolute atomic E-state index is 0.524. The third-order valence-corrected chi connectivity index (χ3v) is 1.44. The number of para-hydroxylation sites is 1. The molecule has 2 N–H and O–H groups in total. The van der Waals surface area contributed by atoms with Crippen LogP contribution in [0.25, 0.3) is 0 Å². The Morgan fingerprint density at radius 2 is 1.91 bits per heavy atom. The average molecular weight is 165 g/mol. The second kappa shape index (κ2) is 3.93. The first-order valence-corrected chi connectivity index (χ1v) is 3.63. The number of hydrogen-bond acceptors (Lipinski definition) is 1. The Labute approximate surface area is 71.6 Å². The van der Waals surface area contributed by atoms with E-state index in [4.69, 9.17) is 12.2 Å². The van der Waals surface area contributed by atoms with Crippen LogP contribution < -0.4 is 10.6 Å². The molecule has 0 unspecified atom stereocenters. The minimum atomic E-state index is 0.524. The number of rotatable bonds is 1. The molecule has 0 aliphatic rings. The molecule has 0 atom stereocenters. The molecule has 1 aromatic carbocycles. The van der Waals surface area contributed by atoms with Crippen molar-refractivity contribution in [2.75, 3.05) is 5.32 Å². The third-order valence-electron chi connectivity index (χ3n) is 1.19. The molecule has 11 heavy (non-hydrogen) atoms. The van der Waals surface area contributed by atoms with Crippen molar-refractivity contribution in [3.63, 3.8) is 0 Å². The van der Waals surface area contributed by atoms with Gasteiger partial charge < -0.3 is 10.6 Å². The topological polar surface area (TPSA) is 24.1 Å². The van der Waals surface area contributed by atoms with Gasteiger partial charge in [0.1, 0.15) is 0 Å². The molecule has 0 saturated carbocycles. The minimum Gasteiger partial charge on any atom is -0.361 e. The zero-order chi connectivity index (χ0) is 8.10. The zero-order valence-corrected chi connectivity index (χ0v) is 6.82. The SMILES string of the molecule is [CH2]NC(=S)Nc1ccccc1. The summed E-state index contributed by atoms with van der Waals surface area (Å²) in [5, 5.41) is 6.06. The molecule has 3 heteroatoms. The molecule has 0 saturated heterocycles. The zero-order valence-electron chi connectivity index (χ0n) is 6.00. The van der Waals surface area contributed by atoms with Gasteiger partial charge in [-0.15, -0.1) is 0 Å². The molecule has 1 rings (SSSR count). The summed E-state index contributed by atoms with van der Waals surface area (Å²) in [7, 11) is 3.43. The van der Waals surface area contributed by atoms with E-state index in [0.717, 1.165) is 5.69 Å². The Kier molecular flexibility index (Phi) is 2.86. The van der Waals surface area contributed by atoms with Crippen LogP contribution in [-0.2, 0) is 0 Å². The first kappa shape index (κ1) is 8.01. The van der Waals surface area contributed by atoms with Crippen LogP contribution in [0.1, 0.15) is 0 Å². The van der Waals surface area contributed by atoms with Gasteiger partial charge in [0.05, 0.1) is 0 Å². The molecule has 0 heterocycles. The lowest BCUT2D eigenvalue weighted by molar-refractivity contribution is 1.30. The van der Waals surface area contributed by atoms with Gasteiger partial charge in [0, 0.05) is 12.7 Å². The van der Waals surface area contributed by atoms with Gasteiger partial charge in [-0.25, -0.2) is 0 Å². The summed E-state index contributed by atoms with van der Waals surface area (Å²) in [6.07, 6.45) is 0. The Morgan fingerprint density at radius 1 is 1.27 bits per heavy atom. The molecule has 0 fully saturated rings. The van der Waals surface area contributed by atoms with Crippen molar-refractivity contribution in [1.82, 2.24) is 5.32 Å². The Hall–Kier alpha value is -1.09. The quantitative estimate of drug-likeness (QED) is 0.620. The van der Waals surface area contributed by atoms with Crippen molar-refractivity contribution in [3.8, 4) is 0 Å². The second-order valence-electron chi connectivity index (χ2n) is 2.00. The molecule has 0 aliphatic heterocycles. The third kappa shape index (κ3) is 2.55. The summed E-state index contributed by atoms with van der Waals surface area (Å²) >= 11 is 4.85. The fourth-order valence-corrected chi connectivity index (χ4v) is 0.815. The van der Waals surface area contributed by atoms with Crippen molar-refractivity contribution in [2.24, 2.45) is 0 Å². The van der Waals surface area contributed by atoms with Crippen LogP contribution >= 0.6 is 12.2 Å². The van der Waals surface area contributed by atoms with Gasteiger partial charge >= 0.3 is 0 Å². The fourth-order valence-electron chi connectivity index (χ4n) is 0.697. The summed E-state index contributed by atoms with van der Waals surface area (Å²) in [4.78, 5) is 0. The number of benzene rings is 1. The Balaban J connectivity index is 2.58. The van der Waals surface area contributed by atoms with Crippen molar-refractivity contribution in [1.29, 1.82) is 0 Å². The van der Waals surface area contributed by atoms with E-state index in [1.807, 2.05) is 30.3 Å². The molecule has 0 bridgehead atoms. The average Bonchev–Trinajstić information content (AvgIpc) is 2.06. The van der Waals surface area contributed by atoms with Crippen LogP contribution in [0.15, 0.2) is 30.3 Å².